The van der Waals surface area contributed by atoms with Gasteiger partial charge in [0.1, 0.15) is 5.82 Å². The summed E-state index contributed by atoms with van der Waals surface area (Å²) in [4.78, 5) is 9.25. The molecule has 3 rings (SSSR count). The highest BCUT2D eigenvalue weighted by atomic mass is 32.1. The SMILES string of the molecule is Cc1ccc2nc(CNCc3cccs3)[nH]c2c1. The van der Waals surface area contributed by atoms with E-state index >= 15 is 0 Å². The number of aromatic nitrogens is 2. The number of nitrogens with one attached hydrogen (secondary N) is 2. The quantitative estimate of drug-likeness (QED) is 0.753. The van der Waals surface area contributed by atoms with Crippen LogP contribution in [-0.4, -0.2) is 9.97 Å². The van der Waals surface area contributed by atoms with Crippen LogP contribution in [-0.2, 0) is 13.1 Å². The van der Waals surface area contributed by atoms with Crippen molar-refractivity contribution in [2.45, 2.75) is 20.0 Å². The van der Waals surface area contributed by atoms with Gasteiger partial charge in [-0.15, -0.1) is 11.3 Å². The molecule has 0 bridgehead atoms. The molecular formula is C14H15N3S. The summed E-state index contributed by atoms with van der Waals surface area (Å²) in [6.45, 7) is 3.76. The molecule has 0 aliphatic rings. The second-order valence-corrected chi connectivity index (χ2v) is 5.42. The zero-order valence-corrected chi connectivity index (χ0v) is 11.1. The molecule has 2 aromatic heterocycles. The van der Waals surface area contributed by atoms with E-state index in [-0.39, 0.29) is 0 Å². The normalized spacial score (nSPS) is 11.2. The Bertz CT molecular complexity index is 640. The summed E-state index contributed by atoms with van der Waals surface area (Å²) in [5.74, 6) is 0.993. The smallest absolute Gasteiger partial charge is 0.121 e. The average Bonchev–Trinajstić information content (AvgIpc) is 2.97. The molecule has 2 heterocycles. The minimum atomic E-state index is 0.769. The van der Waals surface area contributed by atoms with Crippen LogP contribution in [0.3, 0.4) is 0 Å². The van der Waals surface area contributed by atoms with Gasteiger partial charge < -0.3 is 10.3 Å². The van der Waals surface area contributed by atoms with Gasteiger partial charge in [-0.1, -0.05) is 12.1 Å². The molecule has 1 aromatic carbocycles. The lowest BCUT2D eigenvalue weighted by atomic mass is 10.2. The summed E-state index contributed by atoms with van der Waals surface area (Å²) >= 11 is 1.77. The lowest BCUT2D eigenvalue weighted by Gasteiger charge is -1.99. The third kappa shape index (κ3) is 2.44. The number of thiophene rings is 1. The van der Waals surface area contributed by atoms with Gasteiger partial charge in [-0.25, -0.2) is 4.98 Å². The van der Waals surface area contributed by atoms with Gasteiger partial charge in [0, 0.05) is 11.4 Å². The van der Waals surface area contributed by atoms with Crippen molar-refractivity contribution in [1.29, 1.82) is 0 Å². The van der Waals surface area contributed by atoms with E-state index in [0.29, 0.717) is 0 Å². The Morgan fingerprint density at radius 3 is 3.06 bits per heavy atom. The second-order valence-electron chi connectivity index (χ2n) is 4.39. The van der Waals surface area contributed by atoms with Gasteiger partial charge in [0.15, 0.2) is 0 Å². The molecule has 0 fully saturated rings. The molecule has 0 saturated carbocycles. The van der Waals surface area contributed by atoms with Crippen molar-refractivity contribution in [2.24, 2.45) is 0 Å². The maximum atomic E-state index is 4.56. The van der Waals surface area contributed by atoms with E-state index in [0.717, 1.165) is 29.9 Å². The number of aromatic amines is 1. The maximum absolute atomic E-state index is 4.56. The Balaban J connectivity index is 1.67. The topological polar surface area (TPSA) is 40.7 Å². The highest BCUT2D eigenvalue weighted by Gasteiger charge is 2.02. The van der Waals surface area contributed by atoms with Gasteiger partial charge in [-0.05, 0) is 36.1 Å². The largest absolute Gasteiger partial charge is 0.341 e. The fourth-order valence-electron chi connectivity index (χ4n) is 1.98. The lowest BCUT2D eigenvalue weighted by Crippen LogP contribution is -2.12. The molecular weight excluding hydrogens is 242 g/mol. The molecule has 0 aliphatic carbocycles. The first-order chi connectivity index (χ1) is 8.81. The Morgan fingerprint density at radius 1 is 1.28 bits per heavy atom. The number of benzene rings is 1. The van der Waals surface area contributed by atoms with E-state index in [1.807, 2.05) is 0 Å². The highest BCUT2D eigenvalue weighted by Crippen LogP contribution is 2.13. The van der Waals surface area contributed by atoms with Crippen molar-refractivity contribution >= 4 is 22.4 Å². The first-order valence-electron chi connectivity index (χ1n) is 5.99. The molecule has 18 heavy (non-hydrogen) atoms. The fourth-order valence-corrected chi connectivity index (χ4v) is 2.65. The van der Waals surface area contributed by atoms with Crippen LogP contribution in [0.4, 0.5) is 0 Å². The van der Waals surface area contributed by atoms with Crippen molar-refractivity contribution in [3.05, 3.63) is 52.0 Å². The van der Waals surface area contributed by atoms with Gasteiger partial charge in [0.2, 0.25) is 0 Å². The maximum Gasteiger partial charge on any atom is 0.121 e. The van der Waals surface area contributed by atoms with E-state index in [1.54, 1.807) is 11.3 Å². The molecule has 4 heteroatoms. The van der Waals surface area contributed by atoms with Crippen LogP contribution in [0, 0.1) is 6.92 Å². The van der Waals surface area contributed by atoms with Gasteiger partial charge in [-0.3, -0.25) is 0 Å². The summed E-state index contributed by atoms with van der Waals surface area (Å²) in [6, 6.07) is 10.5. The van der Waals surface area contributed by atoms with Crippen LogP contribution >= 0.6 is 11.3 Å². The number of H-pyrrole nitrogens is 1. The van der Waals surface area contributed by atoms with Crippen molar-refractivity contribution in [1.82, 2.24) is 15.3 Å². The number of nitrogens with zero attached hydrogens (tertiary/aromatic N) is 1. The summed E-state index contributed by atoms with van der Waals surface area (Å²) in [6.07, 6.45) is 0. The zero-order chi connectivity index (χ0) is 12.4. The molecule has 0 atom stereocenters. The fraction of sp³-hybridized carbons (Fsp3) is 0.214. The first kappa shape index (κ1) is 11.4. The van der Waals surface area contributed by atoms with Gasteiger partial charge in [-0.2, -0.15) is 0 Å². The van der Waals surface area contributed by atoms with Crippen molar-refractivity contribution in [2.75, 3.05) is 0 Å². The summed E-state index contributed by atoms with van der Waals surface area (Å²) in [7, 11) is 0. The number of rotatable bonds is 4. The third-order valence-electron chi connectivity index (χ3n) is 2.86. The molecule has 0 radical (unpaired) electrons. The molecule has 0 amide bonds. The lowest BCUT2D eigenvalue weighted by molar-refractivity contribution is 0.677. The van der Waals surface area contributed by atoms with E-state index in [2.05, 4.69) is 57.9 Å². The van der Waals surface area contributed by atoms with E-state index in [4.69, 9.17) is 0 Å². The number of imidazole rings is 1. The van der Waals surface area contributed by atoms with E-state index in [9.17, 15) is 0 Å². The molecule has 92 valence electrons. The number of aryl methyl sites for hydroxylation is 1. The Hall–Kier alpha value is -1.65. The van der Waals surface area contributed by atoms with Crippen LogP contribution in [0.25, 0.3) is 11.0 Å². The molecule has 2 N–H and O–H groups in total. The van der Waals surface area contributed by atoms with Gasteiger partial charge in [0.25, 0.3) is 0 Å². The first-order valence-corrected chi connectivity index (χ1v) is 6.87. The van der Waals surface area contributed by atoms with E-state index < -0.39 is 0 Å². The van der Waals surface area contributed by atoms with Crippen LogP contribution in [0.1, 0.15) is 16.3 Å². The summed E-state index contributed by atoms with van der Waals surface area (Å²) in [5, 5.41) is 5.49. The van der Waals surface area contributed by atoms with Gasteiger partial charge >= 0.3 is 0 Å². The van der Waals surface area contributed by atoms with E-state index in [1.165, 1.54) is 10.4 Å². The van der Waals surface area contributed by atoms with Crippen LogP contribution < -0.4 is 5.32 Å². The van der Waals surface area contributed by atoms with Crippen molar-refractivity contribution in [3.8, 4) is 0 Å². The predicted molar refractivity (Wildman–Crippen MR) is 75.7 cm³/mol. The standard InChI is InChI=1S/C14H15N3S/c1-10-4-5-12-13(7-10)17-14(16-12)9-15-8-11-3-2-6-18-11/h2-7,15H,8-9H2,1H3,(H,16,17). The number of hydrogen-bond acceptors (Lipinski definition) is 3. The number of fused-ring (bicyclic) bond motifs is 1. The molecule has 0 unspecified atom stereocenters. The van der Waals surface area contributed by atoms with Gasteiger partial charge in [0.05, 0.1) is 17.6 Å². The Morgan fingerprint density at radius 2 is 2.22 bits per heavy atom. The predicted octanol–water partition coefficient (Wildman–Crippen LogP) is 3.22. The third-order valence-corrected chi connectivity index (χ3v) is 3.73. The zero-order valence-electron chi connectivity index (χ0n) is 10.2. The minimum absolute atomic E-state index is 0.769. The summed E-state index contributed by atoms with van der Waals surface area (Å²) in [5.41, 5.74) is 3.40. The van der Waals surface area contributed by atoms with Crippen molar-refractivity contribution in [3.63, 3.8) is 0 Å². The molecule has 0 saturated heterocycles. The Labute approximate surface area is 110 Å². The van der Waals surface area contributed by atoms with Crippen LogP contribution in [0.2, 0.25) is 0 Å². The molecule has 3 nitrogen and oxygen atoms in total. The van der Waals surface area contributed by atoms with Crippen LogP contribution in [0.15, 0.2) is 35.7 Å². The molecule has 0 aliphatic heterocycles. The molecule has 0 spiro atoms. The molecule has 3 aromatic rings. The minimum Gasteiger partial charge on any atom is -0.341 e. The Kier molecular flexibility index (Phi) is 3.13. The highest BCUT2D eigenvalue weighted by molar-refractivity contribution is 7.09. The average molecular weight is 257 g/mol. The van der Waals surface area contributed by atoms with Crippen LogP contribution in [0.5, 0.6) is 0 Å². The second kappa shape index (κ2) is 4.92. The summed E-state index contributed by atoms with van der Waals surface area (Å²) < 4.78 is 0. The monoisotopic (exact) mass is 257 g/mol. The van der Waals surface area contributed by atoms with Crippen molar-refractivity contribution < 1.29 is 0 Å². The number of hydrogen-bond donors (Lipinski definition) is 2.